The molecule has 2 aromatic carbocycles. The molecule has 19 heavy (non-hydrogen) atoms. The predicted molar refractivity (Wildman–Crippen MR) is 77.3 cm³/mol. The van der Waals surface area contributed by atoms with E-state index in [4.69, 9.17) is 26.8 Å². The molecule has 0 spiro atoms. The van der Waals surface area contributed by atoms with Gasteiger partial charge in [-0.25, -0.2) is 0 Å². The lowest BCUT2D eigenvalue weighted by atomic mass is 10.1. The van der Waals surface area contributed by atoms with Crippen LogP contribution in [0.3, 0.4) is 0 Å². The van der Waals surface area contributed by atoms with Gasteiger partial charge in [-0.2, -0.15) is 0 Å². The van der Waals surface area contributed by atoms with Crippen LogP contribution in [0.5, 0.6) is 17.2 Å². The Morgan fingerprint density at radius 3 is 2.37 bits per heavy atom. The third kappa shape index (κ3) is 3.63. The zero-order chi connectivity index (χ0) is 13.7. The smallest absolute Gasteiger partial charge is 0.132 e. The largest absolute Gasteiger partial charge is 0.497 e. The van der Waals surface area contributed by atoms with E-state index in [9.17, 15) is 0 Å². The Labute approximate surface area is 117 Å². The molecule has 3 nitrogen and oxygen atoms in total. The van der Waals surface area contributed by atoms with Crippen molar-refractivity contribution in [3.8, 4) is 17.2 Å². The molecule has 0 saturated carbocycles. The first-order chi connectivity index (χ1) is 9.22. The zero-order valence-electron chi connectivity index (χ0n) is 10.7. The molecular weight excluding hydrogens is 262 g/mol. The molecule has 0 bridgehead atoms. The van der Waals surface area contributed by atoms with Crippen molar-refractivity contribution < 1.29 is 9.47 Å². The lowest BCUT2D eigenvalue weighted by molar-refractivity contribution is 0.412. The summed E-state index contributed by atoms with van der Waals surface area (Å²) in [6, 6.07) is 13.0. The predicted octanol–water partition coefficient (Wildman–Crippen LogP) is 3.64. The van der Waals surface area contributed by atoms with E-state index in [0.717, 1.165) is 29.2 Å². The standard InChI is InChI=1S/C15H16ClNO2/c1-18-13-4-6-14(7-5-13)19-15-10-12(16)3-2-11(15)8-9-17/h2-7,10H,8-9,17H2,1H3. The Balaban J connectivity index is 2.23. The van der Waals surface area contributed by atoms with E-state index in [2.05, 4.69) is 0 Å². The lowest BCUT2D eigenvalue weighted by Gasteiger charge is -2.11. The van der Waals surface area contributed by atoms with Crippen molar-refractivity contribution in [2.75, 3.05) is 13.7 Å². The molecule has 0 aromatic heterocycles. The van der Waals surface area contributed by atoms with E-state index >= 15 is 0 Å². The fourth-order valence-corrected chi connectivity index (χ4v) is 1.92. The Bertz CT molecular complexity index is 540. The first-order valence-corrected chi connectivity index (χ1v) is 6.41. The number of methoxy groups -OCH3 is 1. The molecule has 0 saturated heterocycles. The van der Waals surface area contributed by atoms with Crippen LogP contribution < -0.4 is 15.2 Å². The monoisotopic (exact) mass is 277 g/mol. The molecule has 4 heteroatoms. The Hall–Kier alpha value is -1.71. The van der Waals surface area contributed by atoms with E-state index < -0.39 is 0 Å². The molecule has 0 atom stereocenters. The molecule has 0 heterocycles. The van der Waals surface area contributed by atoms with E-state index in [1.807, 2.05) is 36.4 Å². The van der Waals surface area contributed by atoms with Gasteiger partial charge >= 0.3 is 0 Å². The van der Waals surface area contributed by atoms with Gasteiger partial charge in [0.1, 0.15) is 17.2 Å². The number of halogens is 1. The summed E-state index contributed by atoms with van der Waals surface area (Å²) >= 11 is 6.00. The minimum atomic E-state index is 0.570. The highest BCUT2D eigenvalue weighted by atomic mass is 35.5. The molecule has 0 amide bonds. The Kier molecular flexibility index (Phi) is 4.66. The normalized spacial score (nSPS) is 10.3. The first-order valence-electron chi connectivity index (χ1n) is 6.03. The van der Waals surface area contributed by atoms with Crippen LogP contribution >= 0.6 is 11.6 Å². The van der Waals surface area contributed by atoms with Gasteiger partial charge in [0.05, 0.1) is 7.11 Å². The fraction of sp³-hybridized carbons (Fsp3) is 0.200. The second kappa shape index (κ2) is 6.45. The molecule has 2 N–H and O–H groups in total. The highest BCUT2D eigenvalue weighted by molar-refractivity contribution is 6.30. The van der Waals surface area contributed by atoms with Crippen molar-refractivity contribution in [2.24, 2.45) is 5.73 Å². The SMILES string of the molecule is COc1ccc(Oc2cc(Cl)ccc2CCN)cc1. The zero-order valence-corrected chi connectivity index (χ0v) is 11.5. The van der Waals surface area contributed by atoms with Gasteiger partial charge in [0.15, 0.2) is 0 Å². The minimum Gasteiger partial charge on any atom is -0.497 e. The number of benzene rings is 2. The van der Waals surface area contributed by atoms with E-state index in [0.29, 0.717) is 11.6 Å². The summed E-state index contributed by atoms with van der Waals surface area (Å²) in [4.78, 5) is 0. The van der Waals surface area contributed by atoms with E-state index in [-0.39, 0.29) is 0 Å². The number of nitrogens with two attached hydrogens (primary N) is 1. The number of hydrogen-bond acceptors (Lipinski definition) is 3. The van der Waals surface area contributed by atoms with Crippen LogP contribution in [0.2, 0.25) is 5.02 Å². The molecule has 0 aliphatic heterocycles. The van der Waals surface area contributed by atoms with Crippen molar-refractivity contribution in [3.05, 3.63) is 53.1 Å². The molecule has 0 aliphatic rings. The van der Waals surface area contributed by atoms with Crippen molar-refractivity contribution >= 4 is 11.6 Å². The van der Waals surface area contributed by atoms with Gasteiger partial charge in [0.25, 0.3) is 0 Å². The van der Waals surface area contributed by atoms with Crippen LogP contribution in [-0.4, -0.2) is 13.7 Å². The summed E-state index contributed by atoms with van der Waals surface area (Å²) < 4.78 is 11.0. The summed E-state index contributed by atoms with van der Waals surface area (Å²) in [5.41, 5.74) is 6.64. The van der Waals surface area contributed by atoms with Crippen molar-refractivity contribution in [1.29, 1.82) is 0 Å². The number of rotatable bonds is 5. The Morgan fingerprint density at radius 2 is 1.74 bits per heavy atom. The second-order valence-corrected chi connectivity index (χ2v) is 4.50. The van der Waals surface area contributed by atoms with Gasteiger partial charge in [0, 0.05) is 5.02 Å². The molecule has 2 rings (SSSR count). The first kappa shape index (κ1) is 13.7. The van der Waals surface area contributed by atoms with Gasteiger partial charge in [0.2, 0.25) is 0 Å². The molecule has 0 aliphatic carbocycles. The molecule has 100 valence electrons. The summed E-state index contributed by atoms with van der Waals surface area (Å²) in [7, 11) is 1.63. The lowest BCUT2D eigenvalue weighted by Crippen LogP contribution is -2.04. The summed E-state index contributed by atoms with van der Waals surface area (Å²) in [5.74, 6) is 2.27. The van der Waals surface area contributed by atoms with Crippen LogP contribution in [0.4, 0.5) is 0 Å². The van der Waals surface area contributed by atoms with E-state index in [1.165, 1.54) is 0 Å². The average Bonchev–Trinajstić information content (AvgIpc) is 2.43. The van der Waals surface area contributed by atoms with Gasteiger partial charge in [-0.05, 0) is 54.9 Å². The molecule has 0 radical (unpaired) electrons. The van der Waals surface area contributed by atoms with Crippen LogP contribution in [0.25, 0.3) is 0 Å². The van der Waals surface area contributed by atoms with Gasteiger partial charge < -0.3 is 15.2 Å². The Morgan fingerprint density at radius 1 is 1.05 bits per heavy atom. The molecule has 0 unspecified atom stereocenters. The highest BCUT2D eigenvalue weighted by Crippen LogP contribution is 2.29. The summed E-state index contributed by atoms with van der Waals surface area (Å²) in [6.07, 6.45) is 0.753. The van der Waals surface area contributed by atoms with Crippen LogP contribution in [0.1, 0.15) is 5.56 Å². The van der Waals surface area contributed by atoms with Crippen molar-refractivity contribution in [1.82, 2.24) is 0 Å². The molecule has 0 fully saturated rings. The van der Waals surface area contributed by atoms with Gasteiger partial charge in [-0.1, -0.05) is 17.7 Å². The number of ether oxygens (including phenoxy) is 2. The van der Waals surface area contributed by atoms with Gasteiger partial charge in [-0.15, -0.1) is 0 Å². The third-order valence-electron chi connectivity index (χ3n) is 2.73. The average molecular weight is 278 g/mol. The summed E-state index contributed by atoms with van der Waals surface area (Å²) in [6.45, 7) is 0.570. The maximum atomic E-state index is 6.00. The quantitative estimate of drug-likeness (QED) is 0.907. The van der Waals surface area contributed by atoms with Crippen LogP contribution in [0, 0.1) is 0 Å². The van der Waals surface area contributed by atoms with Gasteiger partial charge in [-0.3, -0.25) is 0 Å². The van der Waals surface area contributed by atoms with Crippen LogP contribution in [-0.2, 0) is 6.42 Å². The minimum absolute atomic E-state index is 0.570. The second-order valence-electron chi connectivity index (χ2n) is 4.07. The maximum absolute atomic E-state index is 6.00. The topological polar surface area (TPSA) is 44.5 Å². The van der Waals surface area contributed by atoms with Crippen molar-refractivity contribution in [3.63, 3.8) is 0 Å². The molecule has 2 aromatic rings. The highest BCUT2D eigenvalue weighted by Gasteiger charge is 2.06. The summed E-state index contributed by atoms with van der Waals surface area (Å²) in [5, 5.41) is 0.643. The molecular formula is C15H16ClNO2. The van der Waals surface area contributed by atoms with E-state index in [1.54, 1.807) is 13.2 Å². The number of hydrogen-bond donors (Lipinski definition) is 1. The van der Waals surface area contributed by atoms with Crippen LogP contribution in [0.15, 0.2) is 42.5 Å². The third-order valence-corrected chi connectivity index (χ3v) is 2.97. The van der Waals surface area contributed by atoms with Crippen molar-refractivity contribution in [2.45, 2.75) is 6.42 Å². The fourth-order valence-electron chi connectivity index (χ4n) is 1.76. The maximum Gasteiger partial charge on any atom is 0.132 e.